The third kappa shape index (κ3) is 2.44. The maximum Gasteiger partial charge on any atom is 0.335 e. The normalized spacial score (nSPS) is 17.3. The van der Waals surface area contributed by atoms with Crippen LogP contribution in [0, 0.1) is 0 Å². The van der Waals surface area contributed by atoms with E-state index in [-0.39, 0.29) is 0 Å². The molecule has 0 aliphatic carbocycles. The highest BCUT2D eigenvalue weighted by Gasteiger charge is 2.18. The minimum Gasteiger partial charge on any atom is -0.478 e. The van der Waals surface area contributed by atoms with Crippen LogP contribution in [0.25, 0.3) is 0 Å². The summed E-state index contributed by atoms with van der Waals surface area (Å²) in [5.74, 6) is -0.337. The second-order valence-electron chi connectivity index (χ2n) is 4.07. The van der Waals surface area contributed by atoms with Gasteiger partial charge < -0.3 is 10.4 Å². The first-order valence-corrected chi connectivity index (χ1v) is 6.21. The Balaban J connectivity index is 2.24. The average molecular weight is 284 g/mol. The summed E-state index contributed by atoms with van der Waals surface area (Å²) in [6.07, 6.45) is 2.23. The van der Waals surface area contributed by atoms with Crippen molar-refractivity contribution in [1.29, 1.82) is 0 Å². The van der Waals surface area contributed by atoms with Crippen molar-refractivity contribution in [2.75, 3.05) is 13.1 Å². The van der Waals surface area contributed by atoms with E-state index in [1.54, 1.807) is 12.1 Å². The molecule has 3 nitrogen and oxygen atoms in total. The number of piperidine rings is 1. The van der Waals surface area contributed by atoms with Crippen LogP contribution >= 0.6 is 15.9 Å². The predicted octanol–water partition coefficient (Wildman–Crippen LogP) is 2.61. The Kier molecular flexibility index (Phi) is 3.61. The van der Waals surface area contributed by atoms with Crippen LogP contribution in [0.2, 0.25) is 0 Å². The summed E-state index contributed by atoms with van der Waals surface area (Å²) in [7, 11) is 0. The van der Waals surface area contributed by atoms with E-state index < -0.39 is 5.97 Å². The summed E-state index contributed by atoms with van der Waals surface area (Å²) in [6, 6.07) is 5.31. The number of carbonyl (C=O) groups is 1. The van der Waals surface area contributed by atoms with E-state index in [9.17, 15) is 4.79 Å². The molecule has 0 saturated carbocycles. The van der Waals surface area contributed by atoms with Gasteiger partial charge in [-0.15, -0.1) is 0 Å². The molecular weight excluding hydrogens is 270 g/mol. The molecule has 1 aliphatic rings. The molecule has 1 aliphatic heterocycles. The van der Waals surface area contributed by atoms with Crippen LogP contribution in [0.15, 0.2) is 22.7 Å². The molecule has 1 saturated heterocycles. The fraction of sp³-hybridized carbons (Fsp3) is 0.417. The van der Waals surface area contributed by atoms with Gasteiger partial charge in [0.05, 0.1) is 5.56 Å². The fourth-order valence-electron chi connectivity index (χ4n) is 2.12. The van der Waals surface area contributed by atoms with Gasteiger partial charge in [0.25, 0.3) is 0 Å². The van der Waals surface area contributed by atoms with Crippen LogP contribution < -0.4 is 5.32 Å². The molecule has 1 heterocycles. The zero-order chi connectivity index (χ0) is 11.5. The van der Waals surface area contributed by atoms with Gasteiger partial charge in [-0.1, -0.05) is 22.0 Å². The molecule has 1 fully saturated rings. The third-order valence-electron chi connectivity index (χ3n) is 3.03. The Bertz CT molecular complexity index is 400. The lowest BCUT2D eigenvalue weighted by molar-refractivity contribution is 0.0697. The van der Waals surface area contributed by atoms with Crippen molar-refractivity contribution in [3.63, 3.8) is 0 Å². The molecule has 4 heteroatoms. The smallest absolute Gasteiger partial charge is 0.335 e. The zero-order valence-electron chi connectivity index (χ0n) is 8.87. The lowest BCUT2D eigenvalue weighted by atomic mass is 9.90. The topological polar surface area (TPSA) is 49.3 Å². The molecule has 2 rings (SSSR count). The molecule has 1 aromatic carbocycles. The van der Waals surface area contributed by atoms with E-state index in [0.717, 1.165) is 30.4 Å². The summed E-state index contributed by atoms with van der Waals surface area (Å²) in [6.45, 7) is 2.08. The number of benzene rings is 1. The van der Waals surface area contributed by atoms with Gasteiger partial charge in [0.1, 0.15) is 0 Å². The largest absolute Gasteiger partial charge is 0.478 e. The average Bonchev–Trinajstić information content (AvgIpc) is 2.30. The maximum absolute atomic E-state index is 10.8. The Hall–Kier alpha value is -0.870. The lowest BCUT2D eigenvalue weighted by Crippen LogP contribution is -2.26. The number of halogens is 1. The Morgan fingerprint density at radius 3 is 2.62 bits per heavy atom. The lowest BCUT2D eigenvalue weighted by Gasteiger charge is -2.24. The molecule has 1 aromatic rings. The first-order valence-electron chi connectivity index (χ1n) is 5.42. The highest BCUT2D eigenvalue weighted by atomic mass is 79.9. The number of carboxylic acid groups (broad SMARTS) is 1. The van der Waals surface area contributed by atoms with E-state index in [1.807, 2.05) is 6.07 Å². The molecule has 0 amide bonds. The van der Waals surface area contributed by atoms with Gasteiger partial charge in [-0.3, -0.25) is 0 Å². The third-order valence-corrected chi connectivity index (χ3v) is 3.71. The van der Waals surface area contributed by atoms with Gasteiger partial charge >= 0.3 is 5.97 Å². The Labute approximate surface area is 103 Å². The molecular formula is C12H14BrNO2. The molecule has 0 spiro atoms. The van der Waals surface area contributed by atoms with Crippen molar-refractivity contribution in [1.82, 2.24) is 5.32 Å². The van der Waals surface area contributed by atoms with Gasteiger partial charge in [-0.2, -0.15) is 0 Å². The molecule has 0 bridgehead atoms. The van der Waals surface area contributed by atoms with Crippen LogP contribution in [0.4, 0.5) is 0 Å². The summed E-state index contributed by atoms with van der Waals surface area (Å²) in [5, 5.41) is 12.2. The van der Waals surface area contributed by atoms with Crippen LogP contribution in [0.3, 0.4) is 0 Å². The van der Waals surface area contributed by atoms with Gasteiger partial charge in [-0.05, 0) is 49.5 Å². The molecule has 86 valence electrons. The molecule has 0 aromatic heterocycles. The van der Waals surface area contributed by atoms with E-state index in [0.29, 0.717) is 11.5 Å². The summed E-state index contributed by atoms with van der Waals surface area (Å²) >= 11 is 3.47. The van der Waals surface area contributed by atoms with E-state index in [1.165, 1.54) is 5.56 Å². The summed E-state index contributed by atoms with van der Waals surface area (Å²) in [5.41, 5.74) is 1.57. The number of hydrogen-bond acceptors (Lipinski definition) is 2. The van der Waals surface area contributed by atoms with Crippen molar-refractivity contribution in [2.45, 2.75) is 18.8 Å². The number of hydrogen-bond donors (Lipinski definition) is 2. The second kappa shape index (κ2) is 4.97. The van der Waals surface area contributed by atoms with Gasteiger partial charge in [0.2, 0.25) is 0 Å². The van der Waals surface area contributed by atoms with Crippen molar-refractivity contribution in [3.05, 3.63) is 33.8 Å². The zero-order valence-corrected chi connectivity index (χ0v) is 10.5. The highest BCUT2D eigenvalue weighted by molar-refractivity contribution is 9.10. The molecule has 0 radical (unpaired) electrons. The van der Waals surface area contributed by atoms with Crippen molar-refractivity contribution in [3.8, 4) is 0 Å². The first kappa shape index (κ1) is 11.6. The fourth-order valence-corrected chi connectivity index (χ4v) is 2.83. The second-order valence-corrected chi connectivity index (χ2v) is 4.92. The highest BCUT2D eigenvalue weighted by Crippen LogP contribution is 2.31. The number of rotatable bonds is 2. The van der Waals surface area contributed by atoms with Crippen LogP contribution in [-0.4, -0.2) is 24.2 Å². The summed E-state index contributed by atoms with van der Waals surface area (Å²) in [4.78, 5) is 10.8. The quantitative estimate of drug-likeness (QED) is 0.877. The number of carboxylic acids is 1. The molecule has 16 heavy (non-hydrogen) atoms. The van der Waals surface area contributed by atoms with Crippen LogP contribution in [-0.2, 0) is 0 Å². The van der Waals surface area contributed by atoms with E-state index in [2.05, 4.69) is 21.2 Å². The van der Waals surface area contributed by atoms with Crippen molar-refractivity contribution >= 4 is 21.9 Å². The maximum atomic E-state index is 10.8. The number of aromatic carboxylic acids is 1. The number of nitrogens with one attached hydrogen (secondary N) is 1. The molecule has 0 atom stereocenters. The van der Waals surface area contributed by atoms with Crippen molar-refractivity contribution in [2.24, 2.45) is 0 Å². The monoisotopic (exact) mass is 283 g/mol. The van der Waals surface area contributed by atoms with Gasteiger partial charge in [0.15, 0.2) is 0 Å². The minimum atomic E-state index is -0.877. The summed E-state index contributed by atoms with van der Waals surface area (Å²) < 4.78 is 0.916. The van der Waals surface area contributed by atoms with Crippen molar-refractivity contribution < 1.29 is 9.90 Å². The molecule has 2 N–H and O–H groups in total. The van der Waals surface area contributed by atoms with Crippen LogP contribution in [0.1, 0.15) is 34.7 Å². The molecule has 0 unspecified atom stereocenters. The first-order chi connectivity index (χ1) is 7.68. The predicted molar refractivity (Wildman–Crippen MR) is 65.9 cm³/mol. The minimum absolute atomic E-state index is 0.338. The standard InChI is InChI=1S/C12H14BrNO2/c13-11-7-9(12(15)16)1-2-10(11)8-3-5-14-6-4-8/h1-2,7-8,14H,3-6H2,(H,15,16). The Morgan fingerprint density at radius 2 is 2.06 bits per heavy atom. The SMILES string of the molecule is O=C(O)c1ccc(C2CCNCC2)c(Br)c1. The van der Waals surface area contributed by atoms with Gasteiger partial charge in [0, 0.05) is 4.47 Å². The van der Waals surface area contributed by atoms with E-state index in [4.69, 9.17) is 5.11 Å². The van der Waals surface area contributed by atoms with E-state index >= 15 is 0 Å². The van der Waals surface area contributed by atoms with Gasteiger partial charge in [-0.25, -0.2) is 4.79 Å². The Morgan fingerprint density at radius 1 is 1.38 bits per heavy atom. The van der Waals surface area contributed by atoms with Crippen LogP contribution in [0.5, 0.6) is 0 Å².